The first-order valence-electron chi connectivity index (χ1n) is 6.33. The van der Waals surface area contributed by atoms with Crippen LogP contribution in [0.5, 0.6) is 0 Å². The second kappa shape index (κ2) is 5.70. The molecule has 120 valence electrons. The third kappa shape index (κ3) is 3.38. The van der Waals surface area contributed by atoms with Gasteiger partial charge in [-0.15, -0.1) is 0 Å². The molecule has 4 N–H and O–H groups in total. The summed E-state index contributed by atoms with van der Waals surface area (Å²) in [5, 5.41) is 2.12. The summed E-state index contributed by atoms with van der Waals surface area (Å²) in [6.07, 6.45) is -3.74. The number of carbonyl (C=O) groups excluding carboxylic acids is 2. The standard InChI is InChI=1S/C12H13F3N4O3/c13-12(14,15)7-3-8(10(21)17-4-7)18-11(22)19-2-1-6(5-19)9(16)20/h3-4,6H,1-2,5H2,(H2,16,20)(H,17,21)(H,18,22)/t6-/m1/s1. The molecule has 0 bridgehead atoms. The van der Waals surface area contributed by atoms with E-state index in [1.165, 1.54) is 4.90 Å². The lowest BCUT2D eigenvalue weighted by Crippen LogP contribution is -2.36. The fourth-order valence-corrected chi connectivity index (χ4v) is 2.11. The fourth-order valence-electron chi connectivity index (χ4n) is 2.11. The van der Waals surface area contributed by atoms with Crippen molar-refractivity contribution < 1.29 is 22.8 Å². The normalized spacial score (nSPS) is 18.3. The summed E-state index contributed by atoms with van der Waals surface area (Å²) in [6, 6.07) is -0.202. The van der Waals surface area contributed by atoms with Gasteiger partial charge in [0, 0.05) is 19.3 Å². The van der Waals surface area contributed by atoms with Crippen molar-refractivity contribution in [3.63, 3.8) is 0 Å². The number of amides is 3. The van der Waals surface area contributed by atoms with E-state index >= 15 is 0 Å². The van der Waals surface area contributed by atoms with Crippen LogP contribution in [0, 0.1) is 5.92 Å². The molecule has 10 heteroatoms. The minimum absolute atomic E-state index is 0.0675. The summed E-state index contributed by atoms with van der Waals surface area (Å²) < 4.78 is 37.7. The lowest BCUT2D eigenvalue weighted by atomic mass is 10.1. The van der Waals surface area contributed by atoms with Crippen molar-refractivity contribution in [2.45, 2.75) is 12.6 Å². The molecule has 1 fully saturated rings. The van der Waals surface area contributed by atoms with Crippen molar-refractivity contribution in [1.82, 2.24) is 9.88 Å². The highest BCUT2D eigenvalue weighted by Crippen LogP contribution is 2.29. The Morgan fingerprint density at radius 1 is 1.41 bits per heavy atom. The van der Waals surface area contributed by atoms with Gasteiger partial charge in [0.2, 0.25) is 5.91 Å². The quantitative estimate of drug-likeness (QED) is 0.748. The van der Waals surface area contributed by atoms with E-state index in [0.29, 0.717) is 18.7 Å². The molecular weight excluding hydrogens is 305 g/mol. The second-order valence-corrected chi connectivity index (χ2v) is 4.89. The molecule has 22 heavy (non-hydrogen) atoms. The van der Waals surface area contributed by atoms with Crippen LogP contribution in [0.15, 0.2) is 17.1 Å². The number of nitrogens with one attached hydrogen (secondary N) is 2. The number of anilines is 1. The van der Waals surface area contributed by atoms with Crippen LogP contribution in [0.3, 0.4) is 0 Å². The van der Waals surface area contributed by atoms with E-state index in [9.17, 15) is 27.6 Å². The number of urea groups is 1. The number of aromatic nitrogens is 1. The first-order valence-corrected chi connectivity index (χ1v) is 6.33. The first-order chi connectivity index (χ1) is 10.2. The van der Waals surface area contributed by atoms with Gasteiger partial charge in [0.1, 0.15) is 5.69 Å². The molecule has 1 aromatic heterocycles. The van der Waals surface area contributed by atoms with E-state index < -0.39 is 40.8 Å². The number of carbonyl (C=O) groups is 2. The van der Waals surface area contributed by atoms with Gasteiger partial charge >= 0.3 is 12.2 Å². The minimum Gasteiger partial charge on any atom is -0.369 e. The van der Waals surface area contributed by atoms with E-state index in [1.54, 1.807) is 0 Å². The monoisotopic (exact) mass is 318 g/mol. The van der Waals surface area contributed by atoms with Crippen LogP contribution >= 0.6 is 0 Å². The Bertz CT molecular complexity index is 656. The van der Waals surface area contributed by atoms with Gasteiger partial charge in [-0.1, -0.05) is 0 Å². The zero-order chi connectivity index (χ0) is 16.5. The number of aromatic amines is 1. The van der Waals surface area contributed by atoms with Gasteiger partial charge in [-0.05, 0) is 12.5 Å². The van der Waals surface area contributed by atoms with Crippen molar-refractivity contribution >= 4 is 17.6 Å². The molecule has 0 saturated carbocycles. The number of likely N-dealkylation sites (tertiary alicyclic amines) is 1. The highest BCUT2D eigenvalue weighted by atomic mass is 19.4. The molecule has 1 aromatic rings. The molecule has 2 rings (SSSR count). The van der Waals surface area contributed by atoms with Gasteiger partial charge in [0.15, 0.2) is 0 Å². The highest BCUT2D eigenvalue weighted by molar-refractivity contribution is 5.90. The summed E-state index contributed by atoms with van der Waals surface area (Å²) in [7, 11) is 0. The average Bonchev–Trinajstić information content (AvgIpc) is 2.89. The van der Waals surface area contributed by atoms with Gasteiger partial charge in [-0.3, -0.25) is 9.59 Å². The van der Waals surface area contributed by atoms with Crippen LogP contribution in [0.25, 0.3) is 0 Å². The van der Waals surface area contributed by atoms with Gasteiger partial charge in [0.25, 0.3) is 5.56 Å². The van der Waals surface area contributed by atoms with E-state index in [0.717, 1.165) is 0 Å². The van der Waals surface area contributed by atoms with Gasteiger partial charge in [-0.25, -0.2) is 4.79 Å². The maximum absolute atomic E-state index is 12.6. The van der Waals surface area contributed by atoms with Crippen molar-refractivity contribution in [2.24, 2.45) is 11.7 Å². The third-order valence-corrected chi connectivity index (χ3v) is 3.35. The molecule has 1 saturated heterocycles. The Morgan fingerprint density at radius 2 is 2.09 bits per heavy atom. The van der Waals surface area contributed by atoms with Crippen molar-refractivity contribution in [3.8, 4) is 0 Å². The molecule has 0 aromatic carbocycles. The third-order valence-electron chi connectivity index (χ3n) is 3.35. The summed E-state index contributed by atoms with van der Waals surface area (Å²) >= 11 is 0. The number of hydrogen-bond donors (Lipinski definition) is 3. The number of pyridine rings is 1. The predicted octanol–water partition coefficient (Wildman–Crippen LogP) is 0.733. The molecule has 0 radical (unpaired) electrons. The van der Waals surface area contributed by atoms with Gasteiger partial charge in [0.05, 0.1) is 11.5 Å². The number of rotatable bonds is 2. The van der Waals surface area contributed by atoms with E-state index in [-0.39, 0.29) is 13.1 Å². The predicted molar refractivity (Wildman–Crippen MR) is 70.0 cm³/mol. The van der Waals surface area contributed by atoms with Crippen LogP contribution in [0.1, 0.15) is 12.0 Å². The topological polar surface area (TPSA) is 108 Å². The lowest BCUT2D eigenvalue weighted by molar-refractivity contribution is -0.137. The van der Waals surface area contributed by atoms with Gasteiger partial charge in [-0.2, -0.15) is 13.2 Å². The van der Waals surface area contributed by atoms with Crippen LogP contribution in [0.2, 0.25) is 0 Å². The maximum atomic E-state index is 12.6. The Balaban J connectivity index is 2.12. The van der Waals surface area contributed by atoms with E-state index in [1.807, 2.05) is 4.98 Å². The number of alkyl halides is 3. The number of H-pyrrole nitrogens is 1. The Kier molecular flexibility index (Phi) is 4.11. The molecule has 1 atom stereocenters. The maximum Gasteiger partial charge on any atom is 0.417 e. The number of halogens is 3. The number of hydrogen-bond acceptors (Lipinski definition) is 3. The minimum atomic E-state index is -4.64. The average molecular weight is 318 g/mol. The molecule has 0 spiro atoms. The van der Waals surface area contributed by atoms with Gasteiger partial charge < -0.3 is 20.9 Å². The molecule has 2 heterocycles. The largest absolute Gasteiger partial charge is 0.417 e. The second-order valence-electron chi connectivity index (χ2n) is 4.89. The van der Waals surface area contributed by atoms with Crippen molar-refractivity contribution in [1.29, 1.82) is 0 Å². The Labute approximate surface area is 122 Å². The molecule has 1 aliphatic heterocycles. The summed E-state index contributed by atoms with van der Waals surface area (Å²) in [5.41, 5.74) is 2.68. The van der Waals surface area contributed by atoms with Crippen LogP contribution < -0.4 is 16.6 Å². The molecule has 7 nitrogen and oxygen atoms in total. The molecule has 3 amide bonds. The first kappa shape index (κ1) is 15.9. The lowest BCUT2D eigenvalue weighted by Gasteiger charge is -2.17. The van der Waals surface area contributed by atoms with Crippen LogP contribution in [-0.4, -0.2) is 34.9 Å². The SMILES string of the molecule is NC(=O)[C@@H]1CCN(C(=O)Nc2cc(C(F)(F)F)c[nH]c2=O)C1. The van der Waals surface area contributed by atoms with E-state index in [2.05, 4.69) is 5.32 Å². The molecule has 0 aliphatic carbocycles. The summed E-state index contributed by atoms with van der Waals surface area (Å²) in [5.74, 6) is -1.04. The zero-order valence-corrected chi connectivity index (χ0v) is 11.2. The van der Waals surface area contributed by atoms with Crippen molar-refractivity contribution in [3.05, 3.63) is 28.2 Å². The summed E-state index contributed by atoms with van der Waals surface area (Å²) in [6.45, 7) is 0.300. The zero-order valence-electron chi connectivity index (χ0n) is 11.2. The Hall–Kier alpha value is -2.52. The molecular formula is C12H13F3N4O3. The summed E-state index contributed by atoms with van der Waals surface area (Å²) in [4.78, 5) is 37.6. The van der Waals surface area contributed by atoms with E-state index in [4.69, 9.17) is 5.73 Å². The van der Waals surface area contributed by atoms with Crippen LogP contribution in [-0.2, 0) is 11.0 Å². The highest BCUT2D eigenvalue weighted by Gasteiger charge is 2.33. The number of nitrogens with zero attached hydrogens (tertiary/aromatic N) is 1. The molecule has 1 aliphatic rings. The van der Waals surface area contributed by atoms with Crippen molar-refractivity contribution in [2.75, 3.05) is 18.4 Å². The number of primary amides is 1. The fraction of sp³-hybridized carbons (Fsp3) is 0.417. The van der Waals surface area contributed by atoms with Crippen LogP contribution in [0.4, 0.5) is 23.7 Å². The smallest absolute Gasteiger partial charge is 0.369 e. The molecule has 0 unspecified atom stereocenters. The Morgan fingerprint density at radius 3 is 2.64 bits per heavy atom. The number of nitrogens with two attached hydrogens (primary N) is 1.